The molecule has 0 aliphatic rings. The van der Waals surface area contributed by atoms with Crippen LogP contribution in [-0.4, -0.2) is 24.8 Å². The van der Waals surface area contributed by atoms with E-state index in [4.69, 9.17) is 15.2 Å². The summed E-state index contributed by atoms with van der Waals surface area (Å²) in [5.41, 5.74) is 7.63. The second-order valence-corrected chi connectivity index (χ2v) is 5.57. The Labute approximate surface area is 144 Å². The molecule has 128 valence electrons. The Morgan fingerprint density at radius 1 is 1.12 bits per heavy atom. The number of methoxy groups -OCH3 is 2. The van der Waals surface area contributed by atoms with Crippen molar-refractivity contribution >= 4 is 22.6 Å². The molecule has 25 heavy (non-hydrogen) atoms. The first kappa shape index (κ1) is 16.6. The molecule has 1 aromatic heterocycles. The Morgan fingerprint density at radius 3 is 2.48 bits per heavy atom. The van der Waals surface area contributed by atoms with Crippen molar-refractivity contribution in [3.05, 3.63) is 70.0 Å². The number of hydrogen-bond acceptors (Lipinski definition) is 5. The number of hydrogen-bond donors (Lipinski definition) is 1. The van der Waals surface area contributed by atoms with E-state index in [9.17, 15) is 9.59 Å². The minimum atomic E-state index is -0.682. The van der Waals surface area contributed by atoms with E-state index in [1.165, 1.54) is 17.7 Å². The van der Waals surface area contributed by atoms with E-state index in [1.54, 1.807) is 25.3 Å². The van der Waals surface area contributed by atoms with Gasteiger partial charge in [0.25, 0.3) is 5.56 Å². The van der Waals surface area contributed by atoms with Gasteiger partial charge in [-0.25, -0.2) is 4.79 Å². The molecule has 6 nitrogen and oxygen atoms in total. The zero-order chi connectivity index (χ0) is 18.0. The maximum absolute atomic E-state index is 12.8. The van der Waals surface area contributed by atoms with E-state index < -0.39 is 11.5 Å². The number of nitrogens with zero attached hydrogens (tertiary/aromatic N) is 1. The average molecular weight is 338 g/mol. The van der Waals surface area contributed by atoms with Gasteiger partial charge in [0.1, 0.15) is 11.3 Å². The maximum atomic E-state index is 12.8. The molecule has 1 heterocycles. The summed E-state index contributed by atoms with van der Waals surface area (Å²) in [6.45, 7) is 0.299. The number of rotatable bonds is 4. The number of anilines is 1. The van der Waals surface area contributed by atoms with Crippen molar-refractivity contribution in [2.75, 3.05) is 20.0 Å². The normalized spacial score (nSPS) is 10.6. The average Bonchev–Trinajstić information content (AvgIpc) is 2.64. The highest BCUT2D eigenvalue weighted by Crippen LogP contribution is 2.22. The molecule has 0 radical (unpaired) electrons. The van der Waals surface area contributed by atoms with Gasteiger partial charge in [-0.15, -0.1) is 0 Å². The first-order valence-corrected chi connectivity index (χ1v) is 7.68. The van der Waals surface area contributed by atoms with Crippen LogP contribution in [-0.2, 0) is 11.3 Å². The summed E-state index contributed by atoms with van der Waals surface area (Å²) in [5.74, 6) is 0.0483. The van der Waals surface area contributed by atoms with Crippen LogP contribution in [0.25, 0.3) is 10.9 Å². The van der Waals surface area contributed by atoms with Crippen LogP contribution >= 0.6 is 0 Å². The molecular weight excluding hydrogens is 320 g/mol. The smallest absolute Gasteiger partial charge is 0.343 e. The summed E-state index contributed by atoms with van der Waals surface area (Å²) < 4.78 is 11.4. The summed E-state index contributed by atoms with van der Waals surface area (Å²) in [7, 11) is 2.84. The number of benzene rings is 2. The lowest BCUT2D eigenvalue weighted by Crippen LogP contribution is -2.28. The molecule has 0 spiro atoms. The zero-order valence-electron chi connectivity index (χ0n) is 14.0. The highest BCUT2D eigenvalue weighted by Gasteiger charge is 2.17. The lowest BCUT2D eigenvalue weighted by atomic mass is 10.1. The van der Waals surface area contributed by atoms with Crippen LogP contribution in [0.2, 0.25) is 0 Å². The van der Waals surface area contributed by atoms with E-state index in [-0.39, 0.29) is 5.56 Å². The van der Waals surface area contributed by atoms with E-state index in [2.05, 4.69) is 0 Å². The molecular formula is C19H18N2O4. The van der Waals surface area contributed by atoms with Gasteiger partial charge in [0.2, 0.25) is 0 Å². The Morgan fingerprint density at radius 2 is 1.84 bits per heavy atom. The fraction of sp³-hybridized carbons (Fsp3) is 0.158. The van der Waals surface area contributed by atoms with Crippen molar-refractivity contribution in [3.8, 4) is 5.75 Å². The van der Waals surface area contributed by atoms with Gasteiger partial charge < -0.3 is 19.8 Å². The molecule has 0 aliphatic heterocycles. The number of carbonyl (C=O) groups is 1. The highest BCUT2D eigenvalue weighted by molar-refractivity contribution is 5.97. The number of esters is 1. The Bertz CT molecular complexity index is 991. The van der Waals surface area contributed by atoms with E-state index in [1.807, 2.05) is 24.3 Å². The van der Waals surface area contributed by atoms with E-state index >= 15 is 0 Å². The predicted octanol–water partition coefficient (Wildman–Crippen LogP) is 2.43. The van der Waals surface area contributed by atoms with Crippen LogP contribution in [0.15, 0.2) is 53.3 Å². The van der Waals surface area contributed by atoms with Crippen molar-refractivity contribution in [1.29, 1.82) is 0 Å². The van der Waals surface area contributed by atoms with Crippen LogP contribution in [0.5, 0.6) is 5.75 Å². The molecule has 0 bridgehead atoms. The monoisotopic (exact) mass is 338 g/mol. The van der Waals surface area contributed by atoms with Crippen LogP contribution in [0, 0.1) is 0 Å². The van der Waals surface area contributed by atoms with Crippen molar-refractivity contribution in [2.24, 2.45) is 0 Å². The summed E-state index contributed by atoms with van der Waals surface area (Å²) in [5, 5.41) is 0.635. The number of nitrogen functional groups attached to an aromatic ring is 1. The fourth-order valence-electron chi connectivity index (χ4n) is 2.75. The maximum Gasteiger partial charge on any atom is 0.343 e. The van der Waals surface area contributed by atoms with Gasteiger partial charge in [-0.05, 0) is 35.9 Å². The molecule has 0 unspecified atom stereocenters. The number of nitrogens with two attached hydrogens (primary N) is 1. The molecule has 2 aromatic carbocycles. The lowest BCUT2D eigenvalue weighted by Gasteiger charge is -2.14. The first-order chi connectivity index (χ1) is 12.0. The number of fused-ring (bicyclic) bond motifs is 1. The number of carbonyl (C=O) groups excluding carboxylic acids is 1. The standard InChI is InChI=1S/C19H18N2O4/c1-24-13-8-6-12(7-9-13)11-21-17-5-3-4-16(20)14(17)10-15(18(21)22)19(23)25-2/h3-10H,11,20H2,1-2H3. The fourth-order valence-corrected chi connectivity index (χ4v) is 2.75. The lowest BCUT2D eigenvalue weighted by molar-refractivity contribution is 0.0598. The van der Waals surface area contributed by atoms with Crippen LogP contribution in [0.4, 0.5) is 5.69 Å². The Hall–Kier alpha value is -3.28. The second-order valence-electron chi connectivity index (χ2n) is 5.57. The zero-order valence-corrected chi connectivity index (χ0v) is 14.0. The first-order valence-electron chi connectivity index (χ1n) is 7.68. The molecule has 3 rings (SSSR count). The molecule has 3 aromatic rings. The third-order valence-electron chi connectivity index (χ3n) is 4.08. The summed E-state index contributed by atoms with van der Waals surface area (Å²) in [6, 6.07) is 14.2. The van der Waals surface area contributed by atoms with Gasteiger partial charge in [0.15, 0.2) is 0 Å². The van der Waals surface area contributed by atoms with Crippen molar-refractivity contribution in [1.82, 2.24) is 4.57 Å². The predicted molar refractivity (Wildman–Crippen MR) is 96.1 cm³/mol. The topological polar surface area (TPSA) is 83.6 Å². The molecule has 0 atom stereocenters. The quantitative estimate of drug-likeness (QED) is 0.583. The van der Waals surface area contributed by atoms with E-state index in [0.717, 1.165) is 11.3 Å². The minimum absolute atomic E-state index is 0.0404. The molecule has 0 aliphatic carbocycles. The SMILES string of the molecule is COC(=O)c1cc2c(N)cccc2n(Cc2ccc(OC)cc2)c1=O. The summed E-state index contributed by atoms with van der Waals surface area (Å²) in [6.07, 6.45) is 0. The number of ether oxygens (including phenoxy) is 2. The third-order valence-corrected chi connectivity index (χ3v) is 4.08. The third kappa shape index (κ3) is 3.06. The van der Waals surface area contributed by atoms with Gasteiger partial charge in [-0.2, -0.15) is 0 Å². The molecule has 0 saturated carbocycles. The van der Waals surface area contributed by atoms with Crippen LogP contribution in [0.3, 0.4) is 0 Å². The largest absolute Gasteiger partial charge is 0.497 e. The number of aromatic nitrogens is 1. The molecule has 0 fully saturated rings. The van der Waals surface area contributed by atoms with Gasteiger partial charge in [-0.3, -0.25) is 4.79 Å². The summed E-state index contributed by atoms with van der Waals surface area (Å²) >= 11 is 0. The van der Waals surface area contributed by atoms with Gasteiger partial charge >= 0.3 is 5.97 Å². The number of pyridine rings is 1. The van der Waals surface area contributed by atoms with Crippen molar-refractivity contribution in [2.45, 2.75) is 6.54 Å². The highest BCUT2D eigenvalue weighted by atomic mass is 16.5. The Kier molecular flexibility index (Phi) is 4.43. The molecule has 0 saturated heterocycles. The Balaban J connectivity index is 2.20. The second kappa shape index (κ2) is 6.68. The molecule has 6 heteroatoms. The van der Waals surface area contributed by atoms with Gasteiger partial charge in [-0.1, -0.05) is 18.2 Å². The van der Waals surface area contributed by atoms with Crippen LogP contribution in [0.1, 0.15) is 15.9 Å². The van der Waals surface area contributed by atoms with Crippen LogP contribution < -0.4 is 16.0 Å². The minimum Gasteiger partial charge on any atom is -0.497 e. The van der Waals surface area contributed by atoms with E-state index in [0.29, 0.717) is 23.1 Å². The summed E-state index contributed by atoms with van der Waals surface area (Å²) in [4.78, 5) is 24.8. The van der Waals surface area contributed by atoms with Crippen molar-refractivity contribution in [3.63, 3.8) is 0 Å². The molecule has 2 N–H and O–H groups in total. The van der Waals surface area contributed by atoms with Gasteiger partial charge in [0.05, 0.1) is 26.3 Å². The molecule has 0 amide bonds. The van der Waals surface area contributed by atoms with Crippen molar-refractivity contribution < 1.29 is 14.3 Å². The van der Waals surface area contributed by atoms with Gasteiger partial charge in [0, 0.05) is 11.1 Å².